The van der Waals surface area contributed by atoms with Gasteiger partial charge in [-0.3, -0.25) is 9.35 Å². The first-order valence-corrected chi connectivity index (χ1v) is 30.1. The summed E-state index contributed by atoms with van der Waals surface area (Å²) in [6, 6.07) is 0. The third kappa shape index (κ3) is 40.8. The summed E-state index contributed by atoms with van der Waals surface area (Å²) in [6.07, 6.45) is 50.3. The minimum atomic E-state index is -5.07. The third-order valence-corrected chi connectivity index (χ3v) is 13.7. The molecule has 4 N–H and O–H groups in total. The lowest BCUT2D eigenvalue weighted by atomic mass is 9.99. The van der Waals surface area contributed by atoms with Crippen LogP contribution in [0.25, 0.3) is 0 Å². The molecule has 0 aromatic carbocycles. The van der Waals surface area contributed by atoms with E-state index in [-0.39, 0.29) is 19.6 Å². The molecule has 0 aromatic rings. The molecule has 1 fully saturated rings. The van der Waals surface area contributed by atoms with Crippen LogP contribution < -0.4 is 0 Å². The lowest BCUT2D eigenvalue weighted by Crippen LogP contribution is -2.60. The highest BCUT2D eigenvalue weighted by Gasteiger charge is 2.48. The summed E-state index contributed by atoms with van der Waals surface area (Å²) in [4.78, 5) is 13.0. The number of ether oxygens (including phenoxy) is 4. The predicted octanol–water partition coefficient (Wildman–Crippen LogP) is 14.1. The summed E-state index contributed by atoms with van der Waals surface area (Å²) in [5.74, 6) is -0.399. The minimum Gasteiger partial charge on any atom is -0.457 e. The molecule has 1 saturated heterocycles. The summed E-state index contributed by atoms with van der Waals surface area (Å²) >= 11 is 0. The molecule has 412 valence electrons. The molecule has 6 atom stereocenters. The van der Waals surface area contributed by atoms with Crippen LogP contribution >= 0.6 is 0 Å². The maximum atomic E-state index is 13.0. The van der Waals surface area contributed by atoms with Gasteiger partial charge in [0.15, 0.2) is 6.29 Å². The fourth-order valence-electron chi connectivity index (χ4n) is 8.88. The number of hydrogen-bond acceptors (Lipinski definition) is 11. The van der Waals surface area contributed by atoms with Gasteiger partial charge in [0, 0.05) is 13.0 Å². The zero-order chi connectivity index (χ0) is 51.0. The van der Waals surface area contributed by atoms with E-state index in [9.17, 15) is 33.1 Å². The molecule has 13 heteroatoms. The number of carbonyl (C=O) groups excluding carboxylic acids is 1. The molecular weight excluding hydrogens is 909 g/mol. The molecule has 12 nitrogen and oxygen atoms in total. The van der Waals surface area contributed by atoms with E-state index < -0.39 is 59.8 Å². The van der Waals surface area contributed by atoms with Crippen LogP contribution in [0.5, 0.6) is 0 Å². The molecule has 0 radical (unpaired) electrons. The van der Waals surface area contributed by atoms with E-state index in [4.69, 9.17) is 18.9 Å². The van der Waals surface area contributed by atoms with Crippen molar-refractivity contribution in [1.29, 1.82) is 0 Å². The molecule has 1 heterocycles. The van der Waals surface area contributed by atoms with Crippen molar-refractivity contribution in [2.75, 3.05) is 26.4 Å². The summed E-state index contributed by atoms with van der Waals surface area (Å²) in [5, 5.41) is 30.8. The number of aliphatic hydroxyl groups is 3. The maximum absolute atomic E-state index is 13.0. The molecule has 6 unspecified atom stereocenters. The van der Waals surface area contributed by atoms with Crippen LogP contribution in [-0.2, 0) is 38.3 Å². The number of hydrogen-bond donors (Lipinski definition) is 4. The van der Waals surface area contributed by atoms with E-state index in [0.29, 0.717) is 13.0 Å². The topological polar surface area (TPSA) is 178 Å². The quantitative estimate of drug-likeness (QED) is 0.0196. The van der Waals surface area contributed by atoms with Crippen molar-refractivity contribution >= 4 is 16.4 Å². The Labute approximate surface area is 428 Å². The van der Waals surface area contributed by atoms with E-state index in [2.05, 4.69) is 54.5 Å². The van der Waals surface area contributed by atoms with E-state index in [1.54, 1.807) is 0 Å². The Morgan fingerprint density at radius 2 is 0.943 bits per heavy atom. The monoisotopic (exact) mass is 1010 g/mol. The summed E-state index contributed by atoms with van der Waals surface area (Å²) in [5.41, 5.74) is 0. The van der Waals surface area contributed by atoms with Gasteiger partial charge in [0.1, 0.15) is 30.5 Å². The second kappa shape index (κ2) is 48.3. The van der Waals surface area contributed by atoms with E-state index >= 15 is 0 Å². The van der Waals surface area contributed by atoms with Gasteiger partial charge in [-0.1, -0.05) is 217 Å². The molecule has 70 heavy (non-hydrogen) atoms. The Bertz CT molecular complexity index is 1360. The molecule has 1 aliphatic heterocycles. The Morgan fingerprint density at radius 1 is 0.543 bits per heavy atom. The molecule has 0 amide bonds. The Balaban J connectivity index is 2.31. The maximum Gasteiger partial charge on any atom is 0.397 e. The van der Waals surface area contributed by atoms with E-state index in [0.717, 1.165) is 44.9 Å². The van der Waals surface area contributed by atoms with Crippen LogP contribution in [0.15, 0.2) is 36.5 Å². The van der Waals surface area contributed by atoms with Gasteiger partial charge in [0.25, 0.3) is 0 Å². The molecule has 0 spiro atoms. The zero-order valence-corrected chi connectivity index (χ0v) is 45.4. The van der Waals surface area contributed by atoms with Crippen LogP contribution in [0.3, 0.4) is 0 Å². The normalized spacial score (nSPS) is 19.3. The van der Waals surface area contributed by atoms with Crippen molar-refractivity contribution in [1.82, 2.24) is 0 Å². The molecule has 0 saturated carbocycles. The average Bonchev–Trinajstić information content (AvgIpc) is 3.34. The fourth-order valence-corrected chi connectivity index (χ4v) is 9.39. The lowest BCUT2D eigenvalue weighted by Gasteiger charge is -2.41. The van der Waals surface area contributed by atoms with Gasteiger partial charge in [0.05, 0.1) is 19.8 Å². The molecule has 0 aliphatic carbocycles. The van der Waals surface area contributed by atoms with Crippen LogP contribution in [0, 0.1) is 0 Å². The van der Waals surface area contributed by atoms with Crippen molar-refractivity contribution in [3.05, 3.63) is 36.5 Å². The largest absolute Gasteiger partial charge is 0.457 e. The number of unbranched alkanes of at least 4 members (excludes halogenated alkanes) is 32. The van der Waals surface area contributed by atoms with Gasteiger partial charge in [0.2, 0.25) is 0 Å². The Kier molecular flexibility index (Phi) is 45.7. The van der Waals surface area contributed by atoms with Gasteiger partial charge in [-0.15, -0.1) is 0 Å². The Hall–Kier alpha value is -1.68. The summed E-state index contributed by atoms with van der Waals surface area (Å²) < 4.78 is 59.4. The smallest absolute Gasteiger partial charge is 0.397 e. The van der Waals surface area contributed by atoms with E-state index in [1.165, 1.54) is 186 Å². The van der Waals surface area contributed by atoms with Gasteiger partial charge in [-0.2, -0.15) is 8.42 Å². The average molecular weight is 1020 g/mol. The van der Waals surface area contributed by atoms with Crippen molar-refractivity contribution in [3.8, 4) is 0 Å². The van der Waals surface area contributed by atoms with Crippen molar-refractivity contribution in [2.45, 2.75) is 295 Å². The Morgan fingerprint density at radius 3 is 1.37 bits per heavy atom. The van der Waals surface area contributed by atoms with Crippen LogP contribution in [0.1, 0.15) is 258 Å². The van der Waals surface area contributed by atoms with Crippen molar-refractivity contribution in [3.63, 3.8) is 0 Å². The first-order chi connectivity index (χ1) is 34.1. The van der Waals surface area contributed by atoms with Gasteiger partial charge in [-0.25, -0.2) is 4.18 Å². The van der Waals surface area contributed by atoms with Crippen LogP contribution in [0.4, 0.5) is 0 Å². The molecule has 1 rings (SSSR count). The minimum absolute atomic E-state index is 0.0350. The number of rotatable bonds is 51. The zero-order valence-electron chi connectivity index (χ0n) is 44.6. The number of esters is 1. The first-order valence-electron chi connectivity index (χ1n) is 28.7. The number of allylic oxidation sites excluding steroid dienone is 6. The van der Waals surface area contributed by atoms with Gasteiger partial charge in [-0.05, 0) is 70.6 Å². The highest BCUT2D eigenvalue weighted by Crippen LogP contribution is 2.26. The number of carbonyl (C=O) groups is 1. The second-order valence-electron chi connectivity index (χ2n) is 19.9. The van der Waals surface area contributed by atoms with Gasteiger partial charge >= 0.3 is 16.4 Å². The SMILES string of the molecule is CCCCCCC/C=C\C/C=C\CCCCCCCCCCCCOCC(COC1OC(CO)C(O)C(OS(=O)(=O)O)C1O)OC(=O)CCCCCCCCCCC/C=C\CCCCCCCCCC. The standard InChI is InChI=1S/C57H106O12S/c1-3-5-7-9-11-13-15-17-19-21-23-25-27-29-31-33-35-37-39-41-43-45-47-65-49-51(50-66-57-55(61)56(69-70(62,63)64)54(60)52(48-58)68-57)67-53(59)46-44-42-40-38-36-34-32-30-28-26-24-22-20-18-16-14-12-10-8-6-4-2/h15,17,21-24,51-52,54-58,60-61H,3-14,16,18-20,25-50H2,1-2H3,(H,62,63,64)/b17-15-,23-21-,24-22-. The third-order valence-electron chi connectivity index (χ3n) is 13.2. The summed E-state index contributed by atoms with van der Waals surface area (Å²) in [7, 11) is -5.07. The van der Waals surface area contributed by atoms with Gasteiger partial charge < -0.3 is 34.3 Å². The molecular formula is C57H106O12S. The van der Waals surface area contributed by atoms with Crippen LogP contribution in [0.2, 0.25) is 0 Å². The number of aliphatic hydroxyl groups excluding tert-OH is 3. The van der Waals surface area contributed by atoms with Crippen molar-refractivity contribution < 1.29 is 56.2 Å². The molecule has 0 bridgehead atoms. The first kappa shape index (κ1) is 66.3. The summed E-state index contributed by atoms with van der Waals surface area (Å²) in [6.45, 7) is 4.02. The lowest BCUT2D eigenvalue weighted by molar-refractivity contribution is -0.301. The van der Waals surface area contributed by atoms with Crippen LogP contribution in [-0.4, -0.2) is 97.5 Å². The molecule has 0 aromatic heterocycles. The van der Waals surface area contributed by atoms with Crippen molar-refractivity contribution in [2.24, 2.45) is 0 Å². The molecule has 1 aliphatic rings. The van der Waals surface area contributed by atoms with E-state index in [1.807, 2.05) is 0 Å². The second-order valence-corrected chi connectivity index (χ2v) is 20.9. The fraction of sp³-hybridized carbons (Fsp3) is 0.877. The predicted molar refractivity (Wildman–Crippen MR) is 285 cm³/mol. The highest BCUT2D eigenvalue weighted by molar-refractivity contribution is 7.80. The highest BCUT2D eigenvalue weighted by atomic mass is 32.3.